The molecular formula is C7H5F3NO. The Hall–Kier alpha value is -1.26. The van der Waals surface area contributed by atoms with E-state index in [-0.39, 0.29) is 5.75 Å². The quantitative estimate of drug-likeness (QED) is 0.652. The van der Waals surface area contributed by atoms with Gasteiger partial charge in [0.05, 0.1) is 12.7 Å². The fraction of sp³-hybridized carbons (Fsp3) is 0.286. The summed E-state index contributed by atoms with van der Waals surface area (Å²) in [5.41, 5.74) is -0.835. The van der Waals surface area contributed by atoms with Crippen LogP contribution in [0, 0.1) is 6.20 Å². The number of aromatic nitrogens is 1. The van der Waals surface area contributed by atoms with Gasteiger partial charge in [-0.15, -0.1) is 0 Å². The summed E-state index contributed by atoms with van der Waals surface area (Å²) in [4.78, 5) is 3.25. The van der Waals surface area contributed by atoms with Gasteiger partial charge in [-0.2, -0.15) is 13.2 Å². The van der Waals surface area contributed by atoms with Crippen LogP contribution in [0.4, 0.5) is 13.2 Å². The van der Waals surface area contributed by atoms with Crippen LogP contribution in [0.15, 0.2) is 12.3 Å². The topological polar surface area (TPSA) is 22.1 Å². The minimum absolute atomic E-state index is 0.0233. The van der Waals surface area contributed by atoms with Crippen LogP contribution >= 0.6 is 0 Å². The lowest BCUT2D eigenvalue weighted by Crippen LogP contribution is -2.05. The van der Waals surface area contributed by atoms with Crippen molar-refractivity contribution in [1.29, 1.82) is 0 Å². The lowest BCUT2D eigenvalue weighted by molar-refractivity contribution is -0.137. The van der Waals surface area contributed by atoms with E-state index in [2.05, 4.69) is 15.9 Å². The Kier molecular flexibility index (Phi) is 2.21. The van der Waals surface area contributed by atoms with Crippen molar-refractivity contribution in [2.75, 3.05) is 7.11 Å². The largest absolute Gasteiger partial charge is 0.494 e. The van der Waals surface area contributed by atoms with Crippen LogP contribution in [-0.4, -0.2) is 12.1 Å². The van der Waals surface area contributed by atoms with Gasteiger partial charge in [0.1, 0.15) is 11.9 Å². The number of halogens is 3. The third kappa shape index (κ3) is 1.87. The number of hydrogen-bond donors (Lipinski definition) is 0. The molecule has 1 rings (SSSR count). The van der Waals surface area contributed by atoms with E-state index in [0.717, 1.165) is 6.07 Å². The maximum atomic E-state index is 12.0. The molecule has 1 radical (unpaired) electrons. The Labute approximate surface area is 67.0 Å². The molecule has 2 nitrogen and oxygen atoms in total. The van der Waals surface area contributed by atoms with E-state index in [1.807, 2.05) is 0 Å². The average molecular weight is 176 g/mol. The zero-order valence-electron chi connectivity index (χ0n) is 6.14. The van der Waals surface area contributed by atoms with Crippen molar-refractivity contribution in [2.24, 2.45) is 0 Å². The summed E-state index contributed by atoms with van der Waals surface area (Å²) in [5, 5.41) is 0. The zero-order chi connectivity index (χ0) is 9.19. The molecular weight excluding hydrogens is 171 g/mol. The molecule has 1 aromatic heterocycles. The Morgan fingerprint density at radius 3 is 2.67 bits per heavy atom. The summed E-state index contributed by atoms with van der Waals surface area (Å²) < 4.78 is 40.5. The van der Waals surface area contributed by atoms with Gasteiger partial charge in [-0.3, -0.25) is 0 Å². The summed E-state index contributed by atoms with van der Waals surface area (Å²) >= 11 is 0. The smallest absolute Gasteiger partial charge is 0.418 e. The summed E-state index contributed by atoms with van der Waals surface area (Å²) in [6, 6.07) is 0.840. The van der Waals surface area contributed by atoms with Crippen molar-refractivity contribution in [3.05, 3.63) is 24.0 Å². The first-order chi connectivity index (χ1) is 5.54. The van der Waals surface area contributed by atoms with Crippen molar-refractivity contribution in [3.63, 3.8) is 0 Å². The van der Waals surface area contributed by atoms with Gasteiger partial charge in [-0.25, -0.2) is 4.98 Å². The van der Waals surface area contributed by atoms with Gasteiger partial charge in [0, 0.05) is 6.20 Å². The van der Waals surface area contributed by atoms with Crippen LogP contribution in [0.25, 0.3) is 0 Å². The summed E-state index contributed by atoms with van der Waals surface area (Å²) in [5.74, 6) is -0.0233. The lowest BCUT2D eigenvalue weighted by Gasteiger charge is -2.06. The molecule has 0 aliphatic heterocycles. The fourth-order valence-electron chi connectivity index (χ4n) is 0.636. The maximum Gasteiger partial charge on any atom is 0.418 e. The number of pyridine rings is 1. The van der Waals surface area contributed by atoms with Gasteiger partial charge in [0.2, 0.25) is 0 Å². The molecule has 0 spiro atoms. The summed E-state index contributed by atoms with van der Waals surface area (Å²) in [6.45, 7) is 0. The van der Waals surface area contributed by atoms with Crippen LogP contribution in [0.2, 0.25) is 0 Å². The van der Waals surface area contributed by atoms with Crippen molar-refractivity contribution in [1.82, 2.24) is 4.98 Å². The second-order valence-corrected chi connectivity index (χ2v) is 2.04. The average Bonchev–Trinajstić information content (AvgIpc) is 2.03. The second-order valence-electron chi connectivity index (χ2n) is 2.04. The Morgan fingerprint density at radius 2 is 2.17 bits per heavy atom. The van der Waals surface area contributed by atoms with Gasteiger partial charge >= 0.3 is 6.18 Å². The van der Waals surface area contributed by atoms with Crippen LogP contribution in [0.1, 0.15) is 5.56 Å². The van der Waals surface area contributed by atoms with Crippen LogP contribution < -0.4 is 4.74 Å². The minimum atomic E-state index is -4.38. The highest BCUT2D eigenvalue weighted by molar-refractivity contribution is 5.24. The number of hydrogen-bond acceptors (Lipinski definition) is 2. The highest BCUT2D eigenvalue weighted by Gasteiger charge is 2.31. The molecule has 0 saturated carbocycles. The molecule has 1 aromatic rings. The Morgan fingerprint density at radius 1 is 1.50 bits per heavy atom. The van der Waals surface area contributed by atoms with Crippen molar-refractivity contribution >= 4 is 0 Å². The number of nitrogens with zero attached hydrogens (tertiary/aromatic N) is 1. The Balaban J connectivity index is 3.02. The third-order valence-corrected chi connectivity index (χ3v) is 1.21. The van der Waals surface area contributed by atoms with Gasteiger partial charge in [-0.1, -0.05) is 0 Å². The lowest BCUT2D eigenvalue weighted by atomic mass is 10.3. The van der Waals surface area contributed by atoms with E-state index >= 15 is 0 Å². The van der Waals surface area contributed by atoms with Gasteiger partial charge in [-0.05, 0) is 6.07 Å². The number of ether oxygens (including phenoxy) is 1. The second kappa shape index (κ2) is 3.00. The third-order valence-electron chi connectivity index (χ3n) is 1.21. The van der Waals surface area contributed by atoms with E-state index in [0.29, 0.717) is 6.20 Å². The first-order valence-corrected chi connectivity index (χ1v) is 3.03. The highest BCUT2D eigenvalue weighted by atomic mass is 19.4. The van der Waals surface area contributed by atoms with E-state index in [1.165, 1.54) is 7.11 Å². The molecule has 5 heteroatoms. The number of rotatable bonds is 1. The molecule has 0 fully saturated rings. The molecule has 0 aliphatic rings. The van der Waals surface area contributed by atoms with Gasteiger partial charge in [0.15, 0.2) is 0 Å². The van der Waals surface area contributed by atoms with Crippen LogP contribution in [0.5, 0.6) is 5.75 Å². The Bertz CT molecular complexity index is 272. The molecule has 0 atom stereocenters. The molecule has 0 N–H and O–H groups in total. The molecule has 1 heterocycles. The first-order valence-electron chi connectivity index (χ1n) is 3.03. The minimum Gasteiger partial charge on any atom is -0.494 e. The molecule has 0 aliphatic carbocycles. The van der Waals surface area contributed by atoms with Crippen molar-refractivity contribution < 1.29 is 17.9 Å². The molecule has 0 aromatic carbocycles. The summed E-state index contributed by atoms with van der Waals surface area (Å²) in [6.07, 6.45) is -1.42. The fourth-order valence-corrected chi connectivity index (χ4v) is 0.636. The molecule has 0 amide bonds. The van der Waals surface area contributed by atoms with Crippen molar-refractivity contribution in [3.8, 4) is 5.75 Å². The predicted octanol–water partition coefficient (Wildman–Crippen LogP) is 1.91. The highest BCUT2D eigenvalue weighted by Crippen LogP contribution is 2.30. The predicted molar refractivity (Wildman–Crippen MR) is 34.6 cm³/mol. The first kappa shape index (κ1) is 8.83. The molecule has 0 saturated heterocycles. The van der Waals surface area contributed by atoms with Crippen LogP contribution in [-0.2, 0) is 6.18 Å². The number of methoxy groups -OCH3 is 1. The SMILES string of the molecule is COc1[c]ncc(C(F)(F)F)c1. The summed E-state index contributed by atoms with van der Waals surface area (Å²) in [7, 11) is 1.26. The monoisotopic (exact) mass is 176 g/mol. The van der Waals surface area contributed by atoms with Crippen LogP contribution in [0.3, 0.4) is 0 Å². The van der Waals surface area contributed by atoms with Crippen molar-refractivity contribution in [2.45, 2.75) is 6.18 Å². The van der Waals surface area contributed by atoms with Gasteiger partial charge < -0.3 is 4.74 Å². The molecule has 12 heavy (non-hydrogen) atoms. The molecule has 65 valence electrons. The van der Waals surface area contributed by atoms with E-state index in [1.54, 1.807) is 0 Å². The standard InChI is InChI=1S/C7H5F3NO/c1-12-6-2-5(3-11-4-6)7(8,9)10/h2-3H,1H3. The van der Waals surface area contributed by atoms with E-state index in [9.17, 15) is 13.2 Å². The molecule has 0 unspecified atom stereocenters. The van der Waals surface area contributed by atoms with E-state index < -0.39 is 11.7 Å². The van der Waals surface area contributed by atoms with E-state index in [4.69, 9.17) is 0 Å². The molecule has 0 bridgehead atoms. The zero-order valence-corrected chi connectivity index (χ0v) is 6.14. The normalized spacial score (nSPS) is 11.3. The maximum absolute atomic E-state index is 12.0. The number of alkyl halides is 3. The van der Waals surface area contributed by atoms with Gasteiger partial charge in [0.25, 0.3) is 0 Å².